The first-order valence-electron chi connectivity index (χ1n) is 40.9. The summed E-state index contributed by atoms with van der Waals surface area (Å²) in [6.07, 6.45) is 12.4. The molecule has 25 nitrogen and oxygen atoms in total. The van der Waals surface area contributed by atoms with Gasteiger partial charge in [-0.15, -0.1) is 0 Å². The maximum atomic E-state index is 12.0. The molecule has 0 saturated heterocycles. The highest BCUT2D eigenvalue weighted by atomic mass is 28.4. The molecule has 29 heteroatoms. The highest BCUT2D eigenvalue weighted by Crippen LogP contribution is 2.19. The van der Waals surface area contributed by atoms with Crippen molar-refractivity contribution < 1.29 is 120 Å². The van der Waals surface area contributed by atoms with Crippen LogP contribution in [0.5, 0.6) is 0 Å². The Morgan fingerprint density at radius 1 is 0.315 bits per heavy atom. The van der Waals surface area contributed by atoms with Crippen LogP contribution in [0.2, 0.25) is 83.1 Å². The summed E-state index contributed by atoms with van der Waals surface area (Å²) >= 11 is 0. The molecule has 0 saturated carbocycles. The Morgan fingerprint density at radius 2 is 0.550 bits per heavy atom. The lowest BCUT2D eigenvalue weighted by Crippen LogP contribution is -2.28. The van der Waals surface area contributed by atoms with Crippen molar-refractivity contribution in [1.29, 1.82) is 0 Å². The third kappa shape index (κ3) is 101. The predicted molar refractivity (Wildman–Crippen MR) is 464 cm³/mol. The van der Waals surface area contributed by atoms with E-state index in [2.05, 4.69) is 67.8 Å². The van der Waals surface area contributed by atoms with E-state index in [1.165, 1.54) is 6.04 Å². The van der Waals surface area contributed by atoms with E-state index < -0.39 is 33.0 Å². The molecule has 0 fully saturated rings. The molecule has 0 aromatic rings. The van der Waals surface area contributed by atoms with E-state index >= 15 is 0 Å². The smallest absolute Gasteiger partial charge is 0.333 e. The molecule has 0 heterocycles. The Balaban J connectivity index is -0.000000140. The lowest BCUT2D eigenvalue weighted by Gasteiger charge is -2.20. The SMILES string of the molecule is C.C.C=C(C)C(=O)OCCCC.CCCOCC(CC(C)C(=O)OCCC[Si](C)(C)C)OCC.CCCOCC(CC(C)C(=O)OCCC[Si](C)(C)O)OCC.CCCOCC(CC(C)C(=O)OCCC[Si](C)(C)O)OCC.CCCOCC(CC(C)C(=O)OCCC[Si](C)(C)O)OCC.CCCOCCOCC.O.O. The zero-order chi connectivity index (χ0) is 83.0. The van der Waals surface area contributed by atoms with Crippen LogP contribution < -0.4 is 0 Å². The van der Waals surface area contributed by atoms with Crippen molar-refractivity contribution in [2.24, 2.45) is 23.7 Å². The van der Waals surface area contributed by atoms with Crippen LogP contribution in [0.25, 0.3) is 0 Å². The maximum absolute atomic E-state index is 12.0. The second-order valence-corrected chi connectivity index (χ2v) is 48.3. The normalized spacial score (nSPS) is 13.2. The summed E-state index contributed by atoms with van der Waals surface area (Å²) in [4.78, 5) is 87.9. The topological polar surface area (TPSA) is 347 Å². The minimum atomic E-state index is -2.04. The molecule has 0 aromatic heterocycles. The van der Waals surface area contributed by atoms with E-state index in [1.807, 2.05) is 102 Å². The van der Waals surface area contributed by atoms with Gasteiger partial charge in [-0.3, -0.25) is 19.2 Å². The first-order chi connectivity index (χ1) is 50.3. The Morgan fingerprint density at radius 3 is 0.757 bits per heavy atom. The van der Waals surface area contributed by atoms with E-state index in [4.69, 9.17) is 71.1 Å². The molecular weight excluding hydrogens is 1500 g/mol. The molecule has 111 heavy (non-hydrogen) atoms. The Labute approximate surface area is 683 Å². The second kappa shape index (κ2) is 86.7. The molecule has 8 unspecified atom stereocenters. The molecule has 0 rings (SSSR count). The molecule has 0 radical (unpaired) electrons. The number of carbonyl (C=O) groups is 5. The quantitative estimate of drug-likeness (QED) is 0.0167. The van der Waals surface area contributed by atoms with Crippen LogP contribution in [-0.4, -0.2) is 251 Å². The van der Waals surface area contributed by atoms with Crippen LogP contribution in [0.15, 0.2) is 12.2 Å². The van der Waals surface area contributed by atoms with Crippen LogP contribution in [0.3, 0.4) is 0 Å². The fourth-order valence-corrected chi connectivity index (χ4v) is 13.6. The number of hydrogen-bond acceptors (Lipinski definition) is 23. The highest BCUT2D eigenvalue weighted by Gasteiger charge is 2.26. The summed E-state index contributed by atoms with van der Waals surface area (Å²) in [6, 6.07) is 3.45. The molecule has 674 valence electrons. The average Bonchev–Trinajstić information content (AvgIpc) is 0.941. The predicted octanol–water partition coefficient (Wildman–Crippen LogP) is 16.0. The number of carbonyl (C=O) groups excluding carboxylic acids is 5. The zero-order valence-corrected chi connectivity index (χ0v) is 78.1. The van der Waals surface area contributed by atoms with Crippen molar-refractivity contribution >= 4 is 62.9 Å². The van der Waals surface area contributed by atoms with Gasteiger partial charge >= 0.3 is 29.8 Å². The first kappa shape index (κ1) is 129. The summed E-state index contributed by atoms with van der Waals surface area (Å²) in [5, 5.41) is 0. The van der Waals surface area contributed by atoms with Crippen molar-refractivity contribution in [3.63, 3.8) is 0 Å². The summed E-state index contributed by atoms with van der Waals surface area (Å²) in [7, 11) is -7.16. The van der Waals surface area contributed by atoms with Crippen LogP contribution in [0, 0.1) is 23.7 Å². The van der Waals surface area contributed by atoms with E-state index in [0.717, 1.165) is 122 Å². The van der Waals surface area contributed by atoms with Gasteiger partial charge in [-0.05, 0) is 189 Å². The average molecular weight is 1680 g/mol. The van der Waals surface area contributed by atoms with Gasteiger partial charge in [0.05, 0.1) is 121 Å². The first-order valence-corrected chi connectivity index (χ1v) is 54.0. The number of hydrogen-bond donors (Lipinski definition) is 3. The van der Waals surface area contributed by atoms with Crippen molar-refractivity contribution in [3.05, 3.63) is 12.2 Å². The van der Waals surface area contributed by atoms with Gasteiger partial charge in [0.25, 0.3) is 0 Å². The van der Waals surface area contributed by atoms with Gasteiger partial charge in [0, 0.05) is 79.7 Å². The van der Waals surface area contributed by atoms with E-state index in [9.17, 15) is 38.4 Å². The molecular formula is C82H180O25Si4. The van der Waals surface area contributed by atoms with Crippen LogP contribution >= 0.6 is 0 Å². The van der Waals surface area contributed by atoms with Crippen LogP contribution in [0.4, 0.5) is 0 Å². The molecule has 0 aromatic carbocycles. The van der Waals surface area contributed by atoms with Crippen LogP contribution in [0.1, 0.15) is 222 Å². The number of rotatable bonds is 62. The fraction of sp³-hybridized carbons (Fsp3) is 0.915. The molecule has 0 aliphatic heterocycles. The largest absolute Gasteiger partial charge is 0.465 e. The minimum Gasteiger partial charge on any atom is -0.465 e. The summed E-state index contributed by atoms with van der Waals surface area (Å²) in [5.74, 6) is -1.76. The number of unbranched alkanes of at least 4 members (excludes halogenated alkanes) is 1. The minimum absolute atomic E-state index is 0. The molecule has 0 amide bonds. The van der Waals surface area contributed by atoms with Gasteiger partial charge in [0.2, 0.25) is 0 Å². The number of esters is 5. The van der Waals surface area contributed by atoms with Crippen molar-refractivity contribution in [2.45, 2.75) is 329 Å². The van der Waals surface area contributed by atoms with Crippen molar-refractivity contribution in [2.75, 3.05) is 139 Å². The van der Waals surface area contributed by atoms with Gasteiger partial charge < -0.3 is 96.4 Å². The molecule has 8 atom stereocenters. The third-order valence-corrected chi connectivity index (χ3v) is 21.7. The fourth-order valence-electron chi connectivity index (χ4n) is 9.40. The van der Waals surface area contributed by atoms with E-state index in [-0.39, 0.29) is 104 Å². The van der Waals surface area contributed by atoms with Crippen molar-refractivity contribution in [1.82, 2.24) is 0 Å². The van der Waals surface area contributed by atoms with Gasteiger partial charge in [0.15, 0.2) is 25.0 Å². The van der Waals surface area contributed by atoms with Crippen LogP contribution in [-0.2, 0) is 95.0 Å². The van der Waals surface area contributed by atoms with Gasteiger partial charge in [-0.1, -0.05) is 123 Å². The Hall–Kier alpha value is -2.64. The third-order valence-electron chi connectivity index (χ3n) is 15.1. The molecule has 0 bridgehead atoms. The summed E-state index contributed by atoms with van der Waals surface area (Å²) in [5.41, 5.74) is 0.469. The van der Waals surface area contributed by atoms with Gasteiger partial charge in [0.1, 0.15) is 0 Å². The lowest BCUT2D eigenvalue weighted by molar-refractivity contribution is -0.150. The van der Waals surface area contributed by atoms with Crippen molar-refractivity contribution in [3.8, 4) is 0 Å². The van der Waals surface area contributed by atoms with E-state index in [0.29, 0.717) is 137 Å². The zero-order valence-electron chi connectivity index (χ0n) is 74.1. The second-order valence-electron chi connectivity index (χ2n) is 30.3. The lowest BCUT2D eigenvalue weighted by atomic mass is 10.0. The summed E-state index contributed by atoms with van der Waals surface area (Å²) in [6.45, 7) is 65.9. The standard InChI is InChI=1S/C17H36O4Si.3C16H34O5Si.C8H14O2.C7H16O2.2CH4.2H2O/c1-7-10-19-14-16(20-8-2)13-15(3)17(18)21-11-9-12-22(4,5)6;3*1-6-9-19-13-15(20-7-2)12-14(3)16(17)21-10-8-11-22(4,5)18;1-4-5-6-10-8(9)7(2)3;1-3-5-9-7-6-8-4-2;;;;/h15-16H,7-14H2,1-6H3;3*14-15,18H,6-13H2,1-5H3;2,4-6H2,1,3H3;3-7H2,1-2H3;2*1H4;2*1H2. The monoisotopic (exact) mass is 1680 g/mol. The highest BCUT2D eigenvalue weighted by molar-refractivity contribution is 6.76. The number of ether oxygens (including phenoxy) is 15. The molecule has 0 spiro atoms. The van der Waals surface area contributed by atoms with Gasteiger partial charge in [-0.2, -0.15) is 0 Å². The van der Waals surface area contributed by atoms with Gasteiger partial charge in [-0.25, -0.2) is 4.79 Å². The Bertz CT molecular complexity index is 1790. The molecule has 0 aliphatic rings. The Kier molecular flexibility index (Phi) is 101. The molecule has 7 N–H and O–H groups in total. The van der Waals surface area contributed by atoms with E-state index in [1.54, 1.807) is 6.92 Å². The molecule has 0 aliphatic carbocycles. The maximum Gasteiger partial charge on any atom is 0.333 e. The summed E-state index contributed by atoms with van der Waals surface area (Å²) < 4.78 is 80.8.